The van der Waals surface area contributed by atoms with Gasteiger partial charge in [0.1, 0.15) is 5.65 Å². The predicted molar refractivity (Wildman–Crippen MR) is 71.2 cm³/mol. The molecule has 2 aromatic heterocycles. The molecule has 0 saturated heterocycles. The number of pyridine rings is 1. The van der Waals surface area contributed by atoms with Crippen LogP contribution in [0.1, 0.15) is 33.3 Å². The van der Waals surface area contributed by atoms with Gasteiger partial charge in [0.25, 0.3) is 0 Å². The van der Waals surface area contributed by atoms with Crippen LogP contribution in [-0.4, -0.2) is 9.97 Å². The van der Waals surface area contributed by atoms with Gasteiger partial charge in [-0.2, -0.15) is 0 Å². The highest BCUT2D eigenvalue weighted by Gasteiger charge is 1.99. The van der Waals surface area contributed by atoms with Crippen molar-refractivity contribution < 1.29 is 0 Å². The summed E-state index contributed by atoms with van der Waals surface area (Å²) in [6.45, 7) is 10.1. The van der Waals surface area contributed by atoms with Crippen molar-refractivity contribution in [3.8, 4) is 0 Å². The molecule has 1 N–H and O–H groups in total. The largest absolute Gasteiger partial charge is 0.346 e. The third-order valence-corrected chi connectivity index (χ3v) is 2.14. The first-order valence-electron chi connectivity index (χ1n) is 5.36. The first kappa shape index (κ1) is 14.2. The molecule has 3 heteroatoms. The van der Waals surface area contributed by atoms with Gasteiger partial charge in [0.15, 0.2) is 0 Å². The molecule has 84 valence electrons. The van der Waals surface area contributed by atoms with Crippen LogP contribution in [-0.2, 0) is 0 Å². The number of H-pyrrole nitrogens is 1. The van der Waals surface area contributed by atoms with E-state index in [0.29, 0.717) is 0 Å². The van der Waals surface area contributed by atoms with E-state index in [0.717, 1.165) is 10.1 Å². The summed E-state index contributed by atoms with van der Waals surface area (Å²) in [5.74, 6) is 0. The molecule has 2 rings (SSSR count). The van der Waals surface area contributed by atoms with E-state index < -0.39 is 0 Å². The van der Waals surface area contributed by atoms with E-state index in [4.69, 9.17) is 0 Å². The summed E-state index contributed by atoms with van der Waals surface area (Å²) in [7, 11) is 0. The Morgan fingerprint density at radius 2 is 1.80 bits per heavy atom. The third-order valence-electron chi connectivity index (χ3n) is 1.70. The number of hydrogen-bond donors (Lipinski definition) is 1. The maximum atomic E-state index is 4.20. The zero-order valence-corrected chi connectivity index (χ0v) is 11.6. The van der Waals surface area contributed by atoms with Crippen LogP contribution in [0.4, 0.5) is 0 Å². The van der Waals surface area contributed by atoms with E-state index in [9.17, 15) is 0 Å². The lowest BCUT2D eigenvalue weighted by atomic mass is 10.2. The number of aryl methyl sites for hydroxylation is 1. The SMILES string of the molecule is CC.CC.Cc1c[nH]c2ncc(Br)cc12. The van der Waals surface area contributed by atoms with E-state index in [-0.39, 0.29) is 0 Å². The average molecular weight is 271 g/mol. The van der Waals surface area contributed by atoms with Gasteiger partial charge in [-0.15, -0.1) is 0 Å². The van der Waals surface area contributed by atoms with E-state index in [1.54, 1.807) is 6.20 Å². The van der Waals surface area contributed by atoms with E-state index >= 15 is 0 Å². The van der Waals surface area contributed by atoms with Crippen LogP contribution in [0.2, 0.25) is 0 Å². The first-order chi connectivity index (χ1) is 7.27. The summed E-state index contributed by atoms with van der Waals surface area (Å²) in [6.07, 6.45) is 3.75. The molecule has 2 nitrogen and oxygen atoms in total. The quantitative estimate of drug-likeness (QED) is 0.740. The van der Waals surface area contributed by atoms with Crippen LogP contribution >= 0.6 is 15.9 Å². The number of nitrogens with one attached hydrogen (secondary N) is 1. The molecule has 0 saturated carbocycles. The molecule has 15 heavy (non-hydrogen) atoms. The molecule has 0 aliphatic heterocycles. The topological polar surface area (TPSA) is 28.7 Å². The van der Waals surface area contributed by atoms with Crippen LogP contribution in [0.5, 0.6) is 0 Å². The summed E-state index contributed by atoms with van der Waals surface area (Å²) in [4.78, 5) is 7.28. The van der Waals surface area contributed by atoms with Crippen molar-refractivity contribution in [2.75, 3.05) is 0 Å². The van der Waals surface area contributed by atoms with E-state index in [1.165, 1.54) is 10.9 Å². The molecule has 2 aromatic rings. The Kier molecular flexibility index (Phi) is 7.05. The number of hydrogen-bond acceptors (Lipinski definition) is 1. The fraction of sp³-hybridized carbons (Fsp3) is 0.417. The van der Waals surface area contributed by atoms with Gasteiger partial charge in [-0.05, 0) is 34.5 Å². The summed E-state index contributed by atoms with van der Waals surface area (Å²) in [6, 6.07) is 2.06. The second-order valence-corrected chi connectivity index (χ2v) is 3.44. The monoisotopic (exact) mass is 270 g/mol. The lowest BCUT2D eigenvalue weighted by Gasteiger charge is -1.90. The molecule has 0 radical (unpaired) electrons. The molecule has 0 fully saturated rings. The molecule has 0 aliphatic carbocycles. The van der Waals surface area contributed by atoms with Gasteiger partial charge in [0.2, 0.25) is 0 Å². The Hall–Kier alpha value is -0.830. The minimum atomic E-state index is 0.950. The van der Waals surface area contributed by atoms with Crippen LogP contribution in [0, 0.1) is 6.92 Å². The maximum absolute atomic E-state index is 4.20. The normalized spacial score (nSPS) is 8.67. The minimum absolute atomic E-state index is 0.950. The molecule has 0 bridgehead atoms. The number of aromatic nitrogens is 2. The van der Waals surface area contributed by atoms with Crippen LogP contribution < -0.4 is 0 Å². The lowest BCUT2D eigenvalue weighted by molar-refractivity contribution is 1.31. The first-order valence-corrected chi connectivity index (χ1v) is 6.16. The molecule has 0 amide bonds. The molecule has 2 heterocycles. The van der Waals surface area contributed by atoms with Gasteiger partial charge in [-0.3, -0.25) is 0 Å². The Balaban J connectivity index is 0.000000442. The number of fused-ring (bicyclic) bond motifs is 1. The molecule has 0 unspecified atom stereocenters. The third kappa shape index (κ3) is 3.67. The fourth-order valence-corrected chi connectivity index (χ4v) is 1.44. The zero-order valence-electron chi connectivity index (χ0n) is 10.1. The number of nitrogens with zero attached hydrogens (tertiary/aromatic N) is 1. The molecular weight excluding hydrogens is 252 g/mol. The minimum Gasteiger partial charge on any atom is -0.346 e. The van der Waals surface area contributed by atoms with E-state index in [2.05, 4.69) is 38.9 Å². The maximum Gasteiger partial charge on any atom is 0.137 e. The highest BCUT2D eigenvalue weighted by atomic mass is 79.9. The molecule has 0 aliphatic rings. The lowest BCUT2D eigenvalue weighted by Crippen LogP contribution is -1.75. The Labute approximate surface area is 100 Å². The number of rotatable bonds is 0. The molecule has 0 atom stereocenters. The molecule has 0 spiro atoms. The predicted octanol–water partition coefficient (Wildman–Crippen LogP) is 4.69. The fourth-order valence-electron chi connectivity index (χ4n) is 1.11. The second kappa shape index (κ2) is 7.46. The van der Waals surface area contributed by atoms with Crippen molar-refractivity contribution in [1.29, 1.82) is 0 Å². The van der Waals surface area contributed by atoms with Crippen LogP contribution in [0.15, 0.2) is 22.9 Å². The number of aromatic amines is 1. The van der Waals surface area contributed by atoms with Gasteiger partial charge in [-0.1, -0.05) is 27.7 Å². The van der Waals surface area contributed by atoms with Crippen molar-refractivity contribution in [2.24, 2.45) is 0 Å². The Bertz CT molecular complexity index is 393. The Morgan fingerprint density at radius 3 is 2.40 bits per heavy atom. The van der Waals surface area contributed by atoms with Crippen molar-refractivity contribution in [3.63, 3.8) is 0 Å². The van der Waals surface area contributed by atoms with Crippen molar-refractivity contribution >= 4 is 27.0 Å². The highest BCUT2D eigenvalue weighted by Crippen LogP contribution is 2.19. The van der Waals surface area contributed by atoms with Crippen molar-refractivity contribution in [3.05, 3.63) is 28.5 Å². The van der Waals surface area contributed by atoms with Gasteiger partial charge in [0, 0.05) is 22.3 Å². The van der Waals surface area contributed by atoms with Crippen molar-refractivity contribution in [1.82, 2.24) is 9.97 Å². The van der Waals surface area contributed by atoms with Gasteiger partial charge < -0.3 is 4.98 Å². The Morgan fingerprint density at radius 1 is 1.20 bits per heavy atom. The highest BCUT2D eigenvalue weighted by molar-refractivity contribution is 9.10. The summed E-state index contributed by atoms with van der Waals surface area (Å²) >= 11 is 3.37. The van der Waals surface area contributed by atoms with Gasteiger partial charge in [0.05, 0.1) is 0 Å². The molecular formula is C12H19BrN2. The zero-order chi connectivity index (χ0) is 11.8. The summed E-state index contributed by atoms with van der Waals surface area (Å²) < 4.78 is 1.02. The second-order valence-electron chi connectivity index (χ2n) is 2.52. The van der Waals surface area contributed by atoms with Crippen LogP contribution in [0.25, 0.3) is 11.0 Å². The van der Waals surface area contributed by atoms with Gasteiger partial charge in [-0.25, -0.2) is 4.98 Å². The molecule has 0 aromatic carbocycles. The summed E-state index contributed by atoms with van der Waals surface area (Å²) in [5, 5.41) is 1.18. The standard InChI is InChI=1S/C8H7BrN2.2C2H6/c1-5-3-10-8-7(5)2-6(9)4-11-8;2*1-2/h2-4H,1H3,(H,10,11);2*1-2H3. The average Bonchev–Trinajstić information content (AvgIpc) is 2.66. The van der Waals surface area contributed by atoms with E-state index in [1.807, 2.05) is 33.9 Å². The number of halogens is 1. The van der Waals surface area contributed by atoms with Gasteiger partial charge >= 0.3 is 0 Å². The van der Waals surface area contributed by atoms with Crippen LogP contribution in [0.3, 0.4) is 0 Å². The van der Waals surface area contributed by atoms with Crippen molar-refractivity contribution in [2.45, 2.75) is 34.6 Å². The smallest absolute Gasteiger partial charge is 0.137 e. The summed E-state index contributed by atoms with van der Waals surface area (Å²) in [5.41, 5.74) is 2.18.